The van der Waals surface area contributed by atoms with Crippen LogP contribution in [0.15, 0.2) is 0 Å². The quantitative estimate of drug-likeness (QED) is 0.826. The monoisotopic (exact) mass is 316 g/mol. The molecule has 2 aliphatic heterocycles. The van der Waals surface area contributed by atoms with E-state index in [1.54, 1.807) is 0 Å². The van der Waals surface area contributed by atoms with Crippen molar-refractivity contribution in [3.8, 4) is 0 Å². The van der Waals surface area contributed by atoms with Gasteiger partial charge in [0, 0.05) is 39.5 Å². The first-order valence-corrected chi connectivity index (χ1v) is 9.88. The second kappa shape index (κ2) is 5.77. The van der Waals surface area contributed by atoms with Gasteiger partial charge in [0.05, 0.1) is 5.25 Å². The topological polar surface area (TPSA) is 28.7 Å². The summed E-state index contributed by atoms with van der Waals surface area (Å²) in [6, 6.07) is 0. The number of hydrogen-bond donors (Lipinski definition) is 1. The first kappa shape index (κ1) is 13.3. The molecule has 3 heterocycles. The highest BCUT2D eigenvalue weighted by Crippen LogP contribution is 2.43. The zero-order valence-corrected chi connectivity index (χ0v) is 13.5. The fourth-order valence-electron chi connectivity index (χ4n) is 2.38. The molecule has 2 nitrogen and oxygen atoms in total. The smallest absolute Gasteiger partial charge is 0.134 e. The maximum Gasteiger partial charge on any atom is 0.134 e. The molecule has 1 N–H and O–H groups in total. The molecule has 3 rings (SSSR count). The molecule has 2 unspecified atom stereocenters. The number of nitrogens with zero attached hydrogens (tertiary/aromatic N) is 1. The largest absolute Gasteiger partial charge is 0.345 e. The van der Waals surface area contributed by atoms with E-state index in [-0.39, 0.29) is 0 Å². The van der Waals surface area contributed by atoms with Gasteiger partial charge in [-0.2, -0.15) is 23.5 Å². The van der Waals surface area contributed by atoms with E-state index in [0.29, 0.717) is 10.5 Å². The van der Waals surface area contributed by atoms with E-state index in [4.69, 9.17) is 12.2 Å². The number of thioether (sulfide) groups is 3. The van der Waals surface area contributed by atoms with Crippen LogP contribution in [0.25, 0.3) is 0 Å². The zero-order chi connectivity index (χ0) is 12.5. The molecule has 1 fully saturated rings. The molecule has 1 aromatic rings. The van der Waals surface area contributed by atoms with Crippen molar-refractivity contribution in [3.63, 3.8) is 0 Å². The minimum absolute atomic E-state index is 0.492. The number of nitrogens with one attached hydrogen (secondary N) is 1. The second-order valence-electron chi connectivity index (χ2n) is 4.49. The van der Waals surface area contributed by atoms with Crippen LogP contribution >= 0.6 is 47.5 Å². The van der Waals surface area contributed by atoms with Gasteiger partial charge in [-0.15, -0.1) is 11.8 Å². The SMILES string of the molecule is CCC1SCCSC1c1nc(=S)c2c([nH]1)CSC2. The molecule has 6 heteroatoms. The van der Waals surface area contributed by atoms with Gasteiger partial charge in [-0.1, -0.05) is 19.1 Å². The predicted octanol–water partition coefficient (Wildman–Crippen LogP) is 4.19. The molecule has 98 valence electrons. The van der Waals surface area contributed by atoms with E-state index in [1.807, 2.05) is 23.5 Å². The van der Waals surface area contributed by atoms with E-state index in [0.717, 1.165) is 22.0 Å². The summed E-state index contributed by atoms with van der Waals surface area (Å²) >= 11 is 11.5. The van der Waals surface area contributed by atoms with Crippen molar-refractivity contribution < 1.29 is 0 Å². The van der Waals surface area contributed by atoms with Gasteiger partial charge in [-0.3, -0.25) is 0 Å². The van der Waals surface area contributed by atoms with Crippen molar-refractivity contribution in [3.05, 3.63) is 21.7 Å². The molecule has 0 saturated carbocycles. The van der Waals surface area contributed by atoms with Crippen molar-refractivity contribution >= 4 is 47.5 Å². The summed E-state index contributed by atoms with van der Waals surface area (Å²) in [5, 5.41) is 1.17. The minimum atomic E-state index is 0.492. The van der Waals surface area contributed by atoms with E-state index < -0.39 is 0 Å². The summed E-state index contributed by atoms with van der Waals surface area (Å²) in [7, 11) is 0. The van der Waals surface area contributed by atoms with Crippen LogP contribution in [-0.4, -0.2) is 26.7 Å². The van der Waals surface area contributed by atoms with Gasteiger partial charge in [0.2, 0.25) is 0 Å². The summed E-state index contributed by atoms with van der Waals surface area (Å²) in [5.74, 6) is 5.70. The molecule has 2 atom stereocenters. The Morgan fingerprint density at radius 3 is 3.00 bits per heavy atom. The average Bonchev–Trinajstić information content (AvgIpc) is 2.87. The van der Waals surface area contributed by atoms with Crippen LogP contribution < -0.4 is 0 Å². The first-order chi connectivity index (χ1) is 8.79. The van der Waals surface area contributed by atoms with Crippen molar-refractivity contribution in [2.45, 2.75) is 35.4 Å². The zero-order valence-electron chi connectivity index (χ0n) is 10.3. The highest BCUT2D eigenvalue weighted by Gasteiger charge is 2.29. The maximum atomic E-state index is 5.45. The molecule has 1 aromatic heterocycles. The highest BCUT2D eigenvalue weighted by molar-refractivity contribution is 8.06. The van der Waals surface area contributed by atoms with E-state index in [1.165, 1.54) is 29.2 Å². The molecule has 1 saturated heterocycles. The molecular formula is C12H16N2S4. The number of aromatic amines is 1. The van der Waals surface area contributed by atoms with E-state index in [9.17, 15) is 0 Å². The normalized spacial score (nSPS) is 27.2. The van der Waals surface area contributed by atoms with Gasteiger partial charge in [0.25, 0.3) is 0 Å². The first-order valence-electron chi connectivity index (χ1n) is 6.22. The number of rotatable bonds is 2. The van der Waals surface area contributed by atoms with Crippen molar-refractivity contribution in [1.29, 1.82) is 0 Å². The summed E-state index contributed by atoms with van der Waals surface area (Å²) in [5.41, 5.74) is 2.58. The molecule has 0 radical (unpaired) electrons. The van der Waals surface area contributed by atoms with Crippen LogP contribution in [0, 0.1) is 4.64 Å². The lowest BCUT2D eigenvalue weighted by Gasteiger charge is -2.29. The van der Waals surface area contributed by atoms with Crippen LogP contribution in [-0.2, 0) is 11.5 Å². The third kappa shape index (κ3) is 2.49. The third-order valence-corrected chi connectivity index (χ3v) is 7.92. The Morgan fingerprint density at radius 2 is 2.17 bits per heavy atom. The average molecular weight is 317 g/mol. The van der Waals surface area contributed by atoms with Crippen LogP contribution in [0.4, 0.5) is 0 Å². The lowest BCUT2D eigenvalue weighted by Crippen LogP contribution is -2.21. The van der Waals surface area contributed by atoms with Crippen LogP contribution in [0.2, 0.25) is 0 Å². The van der Waals surface area contributed by atoms with Gasteiger partial charge in [-0.05, 0) is 6.42 Å². The predicted molar refractivity (Wildman–Crippen MR) is 86.2 cm³/mol. The lowest BCUT2D eigenvalue weighted by molar-refractivity contribution is 0.741. The summed E-state index contributed by atoms with van der Waals surface area (Å²) in [6.07, 6.45) is 1.20. The minimum Gasteiger partial charge on any atom is -0.345 e. The number of aromatic nitrogens is 2. The van der Waals surface area contributed by atoms with Crippen LogP contribution in [0.3, 0.4) is 0 Å². The maximum absolute atomic E-state index is 5.45. The van der Waals surface area contributed by atoms with Gasteiger partial charge in [0.1, 0.15) is 10.5 Å². The van der Waals surface area contributed by atoms with E-state index >= 15 is 0 Å². The summed E-state index contributed by atoms with van der Waals surface area (Å²) in [6.45, 7) is 2.27. The standard InChI is InChI=1S/C12H16N2S4/c1-2-9-10(18-4-3-17-9)11-13-8-6-16-5-7(8)12(15)14-11/h9-10H,2-6H2,1H3,(H,13,14,15). The van der Waals surface area contributed by atoms with Crippen LogP contribution in [0.1, 0.15) is 35.7 Å². The highest BCUT2D eigenvalue weighted by atomic mass is 32.2. The van der Waals surface area contributed by atoms with Gasteiger partial charge >= 0.3 is 0 Å². The van der Waals surface area contributed by atoms with Crippen molar-refractivity contribution in [1.82, 2.24) is 9.97 Å². The Labute approximate surface area is 126 Å². The van der Waals surface area contributed by atoms with Gasteiger partial charge < -0.3 is 4.98 Å². The van der Waals surface area contributed by atoms with Gasteiger partial charge in [0.15, 0.2) is 0 Å². The van der Waals surface area contributed by atoms with E-state index in [2.05, 4.69) is 28.7 Å². The Bertz CT molecular complexity index is 499. The van der Waals surface area contributed by atoms with Crippen molar-refractivity contribution in [2.24, 2.45) is 0 Å². The number of H-pyrrole nitrogens is 1. The summed E-state index contributed by atoms with van der Waals surface area (Å²) in [4.78, 5) is 8.25. The van der Waals surface area contributed by atoms with Crippen molar-refractivity contribution in [2.75, 3.05) is 11.5 Å². The Balaban J connectivity index is 1.96. The molecule has 18 heavy (non-hydrogen) atoms. The van der Waals surface area contributed by atoms with Gasteiger partial charge in [-0.25, -0.2) is 4.98 Å². The molecule has 0 bridgehead atoms. The second-order valence-corrected chi connectivity index (χ2v) is 8.45. The Morgan fingerprint density at radius 1 is 1.33 bits per heavy atom. The molecule has 0 aliphatic carbocycles. The third-order valence-electron chi connectivity index (χ3n) is 3.34. The fraction of sp³-hybridized carbons (Fsp3) is 0.667. The van der Waals surface area contributed by atoms with Crippen LogP contribution in [0.5, 0.6) is 0 Å². The lowest BCUT2D eigenvalue weighted by atomic mass is 10.2. The number of fused-ring (bicyclic) bond motifs is 1. The summed E-state index contributed by atoms with van der Waals surface area (Å²) < 4.78 is 0.828. The fourth-order valence-corrected chi connectivity index (χ4v) is 6.85. The molecule has 2 aliphatic rings. The molecule has 0 amide bonds. The molecule has 0 spiro atoms. The Kier molecular flexibility index (Phi) is 4.28. The molecular weight excluding hydrogens is 300 g/mol. The molecule has 0 aromatic carbocycles. The Hall–Kier alpha value is 0.350. The number of hydrogen-bond acceptors (Lipinski definition) is 5.